The molecule has 0 heterocycles. The van der Waals surface area contributed by atoms with Crippen molar-refractivity contribution >= 4 is 73.9 Å². The van der Waals surface area contributed by atoms with Gasteiger partial charge in [0.15, 0.2) is 0 Å². The van der Waals surface area contributed by atoms with Crippen molar-refractivity contribution in [3.8, 4) is 0 Å². The van der Waals surface area contributed by atoms with Crippen molar-refractivity contribution in [3.05, 3.63) is 192 Å². The molecule has 8 rings (SSSR count). The molecule has 0 atom stereocenters. The summed E-state index contributed by atoms with van der Waals surface area (Å²) in [6, 6.07) is 48.6. The second-order valence-electron chi connectivity index (χ2n) is 12.4. The third-order valence-electron chi connectivity index (χ3n) is 8.95. The second kappa shape index (κ2) is 13.8. The van der Waals surface area contributed by atoms with Crippen LogP contribution in [-0.2, 0) is 18.6 Å². The lowest BCUT2D eigenvalue weighted by Crippen LogP contribution is -2.54. The van der Waals surface area contributed by atoms with Crippen LogP contribution < -0.4 is 0 Å². The van der Waals surface area contributed by atoms with Gasteiger partial charge in [0.2, 0.25) is 0 Å². The highest BCUT2D eigenvalue weighted by Gasteiger charge is 2.49. The minimum Gasteiger partial charge on any atom is -0.581 e. The van der Waals surface area contributed by atoms with Crippen LogP contribution in [0, 0.1) is 0 Å². The lowest BCUT2D eigenvalue weighted by molar-refractivity contribution is -0.00327. The van der Waals surface area contributed by atoms with E-state index in [-0.39, 0.29) is 22.3 Å². The Hall–Kier alpha value is -7.26. The highest BCUT2D eigenvalue weighted by Crippen LogP contribution is 2.27. The van der Waals surface area contributed by atoms with E-state index in [2.05, 4.69) is 0 Å². The zero-order valence-electron chi connectivity index (χ0n) is 28.0. The monoisotopic (exact) mass is 695 g/mol. The van der Waals surface area contributed by atoms with Crippen molar-refractivity contribution in [1.29, 1.82) is 0 Å². The Labute approximate surface area is 303 Å². The van der Waals surface area contributed by atoms with Gasteiger partial charge in [-0.3, -0.25) is 19.2 Å². The molecule has 0 N–H and O–H groups in total. The Morgan fingerprint density at radius 2 is 0.491 bits per heavy atom. The van der Waals surface area contributed by atoms with Gasteiger partial charge < -0.3 is 18.6 Å². The van der Waals surface area contributed by atoms with Crippen LogP contribution >= 0.6 is 0 Å². The van der Waals surface area contributed by atoms with Gasteiger partial charge in [0.25, 0.3) is 23.9 Å². The summed E-state index contributed by atoms with van der Waals surface area (Å²) in [5.74, 6) is -4.28. The number of carbonyl (C=O) groups excluding carboxylic acids is 4. The standard InChI is InChI=1S/C44H28BO8/c46-41(37-21-17-29-9-1-5-13-33(29)25-37)50-45(51-42(47)38-22-18-30-10-2-6-14-34(30)26-38,52-43(48)39-23-19-31-11-3-7-15-35(31)27-39)53-44(49)40-24-20-32-12-4-8-16-36(32)28-40/h1-28H/q-1. The van der Waals surface area contributed by atoms with Crippen molar-refractivity contribution in [2.45, 2.75) is 0 Å². The smallest absolute Gasteiger partial charge is 0.581 e. The third-order valence-corrected chi connectivity index (χ3v) is 8.95. The van der Waals surface area contributed by atoms with Crippen molar-refractivity contribution in [1.82, 2.24) is 0 Å². The van der Waals surface area contributed by atoms with Gasteiger partial charge in [0, 0.05) is 0 Å². The maximum absolute atomic E-state index is 14.0. The van der Waals surface area contributed by atoms with Crippen molar-refractivity contribution in [3.63, 3.8) is 0 Å². The molecule has 0 aliphatic rings. The van der Waals surface area contributed by atoms with Crippen LogP contribution in [0.1, 0.15) is 41.4 Å². The molecular formula is C44H28BO8-. The molecule has 53 heavy (non-hydrogen) atoms. The molecule has 9 heteroatoms. The second-order valence-corrected chi connectivity index (χ2v) is 12.4. The van der Waals surface area contributed by atoms with Gasteiger partial charge in [0.1, 0.15) is 0 Å². The minimum atomic E-state index is -4.28. The molecular weight excluding hydrogens is 667 g/mol. The number of fused-ring (bicyclic) bond motifs is 4. The molecule has 0 aromatic heterocycles. The summed E-state index contributed by atoms with van der Waals surface area (Å²) in [6.07, 6.45) is 0. The molecule has 8 nitrogen and oxygen atoms in total. The van der Waals surface area contributed by atoms with Gasteiger partial charge in [-0.1, -0.05) is 121 Å². The summed E-state index contributed by atoms with van der Waals surface area (Å²) < 4.78 is 23.2. The summed E-state index contributed by atoms with van der Waals surface area (Å²) >= 11 is 0. The van der Waals surface area contributed by atoms with E-state index in [1.165, 1.54) is 24.3 Å². The Morgan fingerprint density at radius 1 is 0.283 bits per heavy atom. The van der Waals surface area contributed by atoms with E-state index >= 15 is 0 Å². The first-order valence-corrected chi connectivity index (χ1v) is 16.8. The van der Waals surface area contributed by atoms with E-state index in [9.17, 15) is 19.2 Å². The van der Waals surface area contributed by atoms with E-state index in [1.807, 2.05) is 97.1 Å². The van der Waals surface area contributed by atoms with E-state index in [0.717, 1.165) is 43.1 Å². The number of rotatable bonds is 8. The summed E-state index contributed by atoms with van der Waals surface area (Å²) in [4.78, 5) is 56.0. The molecule has 0 unspecified atom stereocenters. The Balaban J connectivity index is 1.23. The van der Waals surface area contributed by atoms with E-state index < -0.39 is 30.8 Å². The van der Waals surface area contributed by atoms with Crippen LogP contribution in [0.4, 0.5) is 0 Å². The van der Waals surface area contributed by atoms with Crippen molar-refractivity contribution < 1.29 is 37.8 Å². The SMILES string of the molecule is O=C(O[B-](OC(=O)c1ccc2ccccc2c1)(OC(=O)c1ccc2ccccc2c1)OC(=O)c1ccc2ccccc2c1)c1ccc2ccccc2c1. The van der Waals surface area contributed by atoms with Crippen LogP contribution in [0.2, 0.25) is 0 Å². The van der Waals surface area contributed by atoms with Gasteiger partial charge in [-0.25, -0.2) is 0 Å². The van der Waals surface area contributed by atoms with Gasteiger partial charge in [-0.2, -0.15) is 0 Å². The van der Waals surface area contributed by atoms with Crippen LogP contribution in [-0.4, -0.2) is 30.8 Å². The first kappa shape index (κ1) is 32.9. The van der Waals surface area contributed by atoms with Crippen molar-refractivity contribution in [2.24, 2.45) is 0 Å². The van der Waals surface area contributed by atoms with Gasteiger partial charge in [-0.05, 0) is 91.6 Å². The van der Waals surface area contributed by atoms with E-state index in [1.54, 1.807) is 48.5 Å². The fraction of sp³-hybridized carbons (Fsp3) is 0. The maximum atomic E-state index is 14.0. The highest BCUT2D eigenvalue weighted by atomic mass is 16.9. The van der Waals surface area contributed by atoms with E-state index in [0.29, 0.717) is 0 Å². The predicted molar refractivity (Wildman–Crippen MR) is 203 cm³/mol. The molecule has 0 aliphatic carbocycles. The third kappa shape index (κ3) is 6.91. The van der Waals surface area contributed by atoms with Gasteiger partial charge in [-0.15, -0.1) is 0 Å². The summed E-state index contributed by atoms with van der Waals surface area (Å²) in [5.41, 5.74) is 0.112. The molecule has 8 aromatic carbocycles. The largest absolute Gasteiger partial charge is 0.785 e. The zero-order valence-corrected chi connectivity index (χ0v) is 28.0. The number of benzene rings is 8. The quantitative estimate of drug-likeness (QED) is 0.145. The van der Waals surface area contributed by atoms with Gasteiger partial charge >= 0.3 is 6.96 Å². The molecule has 0 fully saturated rings. The fourth-order valence-electron chi connectivity index (χ4n) is 6.21. The Bertz CT molecular complexity index is 2360. The Morgan fingerprint density at radius 3 is 0.717 bits per heavy atom. The summed E-state index contributed by atoms with van der Waals surface area (Å²) in [7, 11) is 0. The van der Waals surface area contributed by atoms with Crippen LogP contribution in [0.15, 0.2) is 170 Å². The molecule has 8 aromatic rings. The summed E-state index contributed by atoms with van der Waals surface area (Å²) in [6.45, 7) is -4.28. The molecule has 0 saturated heterocycles. The number of carbonyl (C=O) groups is 4. The average Bonchev–Trinajstić information content (AvgIpc) is 3.19. The fourth-order valence-corrected chi connectivity index (χ4v) is 6.21. The lowest BCUT2D eigenvalue weighted by atomic mass is 10.00. The van der Waals surface area contributed by atoms with Crippen LogP contribution in [0.25, 0.3) is 43.1 Å². The molecule has 0 radical (unpaired) electrons. The van der Waals surface area contributed by atoms with Gasteiger partial charge in [0.05, 0.1) is 22.3 Å². The average molecular weight is 696 g/mol. The maximum Gasteiger partial charge on any atom is 0.785 e. The lowest BCUT2D eigenvalue weighted by Gasteiger charge is -2.38. The van der Waals surface area contributed by atoms with Crippen LogP contribution in [0.3, 0.4) is 0 Å². The molecule has 0 aliphatic heterocycles. The summed E-state index contributed by atoms with van der Waals surface area (Å²) in [5, 5.41) is 6.29. The number of hydrogen-bond acceptors (Lipinski definition) is 8. The normalized spacial score (nSPS) is 11.3. The molecule has 0 saturated carbocycles. The first-order chi connectivity index (χ1) is 25.8. The molecule has 0 amide bonds. The Kier molecular flexibility index (Phi) is 8.58. The molecule has 0 spiro atoms. The number of hydrogen-bond donors (Lipinski definition) is 0. The zero-order chi connectivity index (χ0) is 36.4. The predicted octanol–water partition coefficient (Wildman–Crippen LogP) is 9.46. The molecule has 256 valence electrons. The van der Waals surface area contributed by atoms with Crippen molar-refractivity contribution in [2.75, 3.05) is 0 Å². The highest BCUT2D eigenvalue weighted by molar-refractivity contribution is 6.62. The van der Waals surface area contributed by atoms with Crippen LogP contribution in [0.5, 0.6) is 0 Å². The van der Waals surface area contributed by atoms with E-state index in [4.69, 9.17) is 18.6 Å². The topological polar surface area (TPSA) is 105 Å². The first-order valence-electron chi connectivity index (χ1n) is 16.8. The minimum absolute atomic E-state index is 0.0280. The molecule has 0 bridgehead atoms.